The fourth-order valence-electron chi connectivity index (χ4n) is 2.87. The summed E-state index contributed by atoms with van der Waals surface area (Å²) in [5.41, 5.74) is 0. The van der Waals surface area contributed by atoms with Crippen molar-refractivity contribution in [1.29, 1.82) is 0 Å². The number of aliphatic hydroxyl groups excluding tert-OH is 1. The highest BCUT2D eigenvalue weighted by atomic mass is 16.5. The first-order valence-electron chi connectivity index (χ1n) is 6.85. The zero-order valence-electron chi connectivity index (χ0n) is 10.2. The Balaban J connectivity index is 1.63. The number of ether oxygens (including phenoxy) is 1. The molecule has 1 heterocycles. The van der Waals surface area contributed by atoms with E-state index in [-0.39, 0.29) is 6.10 Å². The van der Waals surface area contributed by atoms with E-state index in [2.05, 4.69) is 5.32 Å². The molecule has 0 aromatic rings. The molecule has 1 aliphatic carbocycles. The van der Waals surface area contributed by atoms with Gasteiger partial charge in [-0.1, -0.05) is 19.3 Å². The van der Waals surface area contributed by atoms with E-state index in [4.69, 9.17) is 4.74 Å². The fraction of sp³-hybridized carbons (Fsp3) is 1.00. The molecular weight excluding hydrogens is 202 g/mol. The Bertz CT molecular complexity index is 186. The van der Waals surface area contributed by atoms with Gasteiger partial charge in [0, 0.05) is 19.2 Å². The van der Waals surface area contributed by atoms with E-state index in [0.717, 1.165) is 26.2 Å². The summed E-state index contributed by atoms with van der Waals surface area (Å²) in [5, 5.41) is 13.5. The molecule has 1 aliphatic heterocycles. The quantitative estimate of drug-likeness (QED) is 0.768. The van der Waals surface area contributed by atoms with Crippen LogP contribution in [0.5, 0.6) is 0 Å². The Kier molecular flexibility index (Phi) is 5.07. The van der Waals surface area contributed by atoms with Crippen molar-refractivity contribution in [2.75, 3.05) is 19.8 Å². The normalized spacial score (nSPS) is 30.2. The standard InChI is InChI=1S/C13H25NO2/c15-13(11-5-2-1-3-6-11)9-14-12-7-4-8-16-10-12/h11-15H,1-10H2. The van der Waals surface area contributed by atoms with Crippen LogP contribution in [0.25, 0.3) is 0 Å². The predicted octanol–water partition coefficient (Wildman–Crippen LogP) is 1.70. The summed E-state index contributed by atoms with van der Waals surface area (Å²) in [5.74, 6) is 0.533. The first kappa shape index (κ1) is 12.3. The minimum atomic E-state index is -0.151. The van der Waals surface area contributed by atoms with E-state index in [1.165, 1.54) is 38.5 Å². The molecule has 2 rings (SSSR count). The third kappa shape index (κ3) is 3.72. The highest BCUT2D eigenvalue weighted by Crippen LogP contribution is 2.26. The molecule has 0 radical (unpaired) electrons. The SMILES string of the molecule is OC(CNC1CCCOC1)C1CCCCC1. The second-order valence-electron chi connectivity index (χ2n) is 5.29. The maximum atomic E-state index is 10.1. The van der Waals surface area contributed by atoms with E-state index in [1.54, 1.807) is 0 Å². The number of nitrogens with one attached hydrogen (secondary N) is 1. The zero-order valence-corrected chi connectivity index (χ0v) is 10.2. The maximum Gasteiger partial charge on any atom is 0.0692 e. The third-order valence-corrected chi connectivity index (χ3v) is 3.97. The Morgan fingerprint density at radius 2 is 1.94 bits per heavy atom. The van der Waals surface area contributed by atoms with Crippen LogP contribution in [0.1, 0.15) is 44.9 Å². The van der Waals surface area contributed by atoms with E-state index in [1.807, 2.05) is 0 Å². The lowest BCUT2D eigenvalue weighted by atomic mass is 9.85. The number of hydrogen-bond acceptors (Lipinski definition) is 3. The Morgan fingerprint density at radius 1 is 1.12 bits per heavy atom. The van der Waals surface area contributed by atoms with Gasteiger partial charge in [-0.3, -0.25) is 0 Å². The number of hydrogen-bond donors (Lipinski definition) is 2. The van der Waals surface area contributed by atoms with Gasteiger partial charge in [0.2, 0.25) is 0 Å². The summed E-state index contributed by atoms with van der Waals surface area (Å²) in [6, 6.07) is 0.465. The average Bonchev–Trinajstić information content (AvgIpc) is 2.38. The second-order valence-corrected chi connectivity index (χ2v) is 5.29. The van der Waals surface area contributed by atoms with Crippen molar-refractivity contribution in [3.63, 3.8) is 0 Å². The molecule has 2 aliphatic rings. The van der Waals surface area contributed by atoms with Crippen molar-refractivity contribution in [3.05, 3.63) is 0 Å². The van der Waals surface area contributed by atoms with Crippen LogP contribution in [0.15, 0.2) is 0 Å². The fourth-order valence-corrected chi connectivity index (χ4v) is 2.87. The number of aliphatic hydroxyl groups is 1. The Labute approximate surface area is 98.6 Å². The van der Waals surface area contributed by atoms with Gasteiger partial charge in [-0.05, 0) is 31.6 Å². The van der Waals surface area contributed by atoms with Gasteiger partial charge in [-0.25, -0.2) is 0 Å². The smallest absolute Gasteiger partial charge is 0.0692 e. The lowest BCUT2D eigenvalue weighted by Gasteiger charge is -2.29. The summed E-state index contributed by atoms with van der Waals surface area (Å²) in [6.07, 6.45) is 8.57. The molecule has 0 aromatic carbocycles. The largest absolute Gasteiger partial charge is 0.392 e. The van der Waals surface area contributed by atoms with Crippen LogP contribution in [0.2, 0.25) is 0 Å². The minimum absolute atomic E-state index is 0.151. The van der Waals surface area contributed by atoms with Gasteiger partial charge >= 0.3 is 0 Å². The topological polar surface area (TPSA) is 41.5 Å². The summed E-state index contributed by atoms with van der Waals surface area (Å²) in [7, 11) is 0. The second kappa shape index (κ2) is 6.58. The molecule has 0 aromatic heterocycles. The van der Waals surface area contributed by atoms with Crippen molar-refractivity contribution >= 4 is 0 Å². The van der Waals surface area contributed by atoms with Crippen LogP contribution >= 0.6 is 0 Å². The van der Waals surface area contributed by atoms with E-state index in [9.17, 15) is 5.11 Å². The molecule has 16 heavy (non-hydrogen) atoms. The van der Waals surface area contributed by atoms with E-state index >= 15 is 0 Å². The van der Waals surface area contributed by atoms with Gasteiger partial charge < -0.3 is 15.2 Å². The zero-order chi connectivity index (χ0) is 11.2. The lowest BCUT2D eigenvalue weighted by Crippen LogP contribution is -2.43. The van der Waals surface area contributed by atoms with Crippen LogP contribution in [0, 0.1) is 5.92 Å². The first-order chi connectivity index (χ1) is 7.86. The van der Waals surface area contributed by atoms with E-state index in [0.29, 0.717) is 12.0 Å². The van der Waals surface area contributed by atoms with Crippen molar-refractivity contribution in [2.45, 2.75) is 57.1 Å². The van der Waals surface area contributed by atoms with Crippen molar-refractivity contribution in [1.82, 2.24) is 5.32 Å². The molecule has 1 saturated heterocycles. The number of rotatable bonds is 4. The summed E-state index contributed by atoms with van der Waals surface area (Å²) in [4.78, 5) is 0. The molecule has 2 unspecified atom stereocenters. The Morgan fingerprint density at radius 3 is 2.62 bits per heavy atom. The van der Waals surface area contributed by atoms with Gasteiger partial charge in [-0.2, -0.15) is 0 Å². The molecular formula is C13H25NO2. The Hall–Kier alpha value is -0.120. The van der Waals surface area contributed by atoms with Crippen LogP contribution in [-0.4, -0.2) is 37.0 Å². The molecule has 0 spiro atoms. The third-order valence-electron chi connectivity index (χ3n) is 3.97. The molecule has 2 atom stereocenters. The van der Waals surface area contributed by atoms with Crippen LogP contribution in [0.3, 0.4) is 0 Å². The molecule has 3 heteroatoms. The molecule has 0 amide bonds. The van der Waals surface area contributed by atoms with Crippen LogP contribution in [-0.2, 0) is 4.74 Å². The predicted molar refractivity (Wildman–Crippen MR) is 64.4 cm³/mol. The van der Waals surface area contributed by atoms with Gasteiger partial charge in [0.15, 0.2) is 0 Å². The van der Waals surface area contributed by atoms with Gasteiger partial charge in [0.05, 0.1) is 12.7 Å². The maximum absolute atomic E-state index is 10.1. The van der Waals surface area contributed by atoms with Gasteiger partial charge in [0.25, 0.3) is 0 Å². The molecule has 94 valence electrons. The van der Waals surface area contributed by atoms with Gasteiger partial charge in [-0.15, -0.1) is 0 Å². The summed E-state index contributed by atoms with van der Waals surface area (Å²) in [6.45, 7) is 2.47. The lowest BCUT2D eigenvalue weighted by molar-refractivity contribution is 0.0497. The van der Waals surface area contributed by atoms with Crippen molar-refractivity contribution in [3.8, 4) is 0 Å². The first-order valence-corrected chi connectivity index (χ1v) is 6.85. The molecule has 3 nitrogen and oxygen atoms in total. The van der Waals surface area contributed by atoms with Gasteiger partial charge in [0.1, 0.15) is 0 Å². The highest BCUT2D eigenvalue weighted by Gasteiger charge is 2.22. The molecule has 0 bridgehead atoms. The van der Waals surface area contributed by atoms with Crippen molar-refractivity contribution in [2.24, 2.45) is 5.92 Å². The molecule has 1 saturated carbocycles. The van der Waals surface area contributed by atoms with E-state index < -0.39 is 0 Å². The van der Waals surface area contributed by atoms with Crippen LogP contribution < -0.4 is 5.32 Å². The van der Waals surface area contributed by atoms with Crippen molar-refractivity contribution < 1.29 is 9.84 Å². The molecule has 2 N–H and O–H groups in total. The minimum Gasteiger partial charge on any atom is -0.392 e. The highest BCUT2D eigenvalue weighted by molar-refractivity contribution is 4.77. The summed E-state index contributed by atoms with van der Waals surface area (Å²) < 4.78 is 5.42. The summed E-state index contributed by atoms with van der Waals surface area (Å²) >= 11 is 0. The monoisotopic (exact) mass is 227 g/mol. The van der Waals surface area contributed by atoms with Crippen LogP contribution in [0.4, 0.5) is 0 Å². The molecule has 2 fully saturated rings. The average molecular weight is 227 g/mol.